The van der Waals surface area contributed by atoms with Gasteiger partial charge >= 0.3 is 0 Å². The molecular formula is C36H66O5. The van der Waals surface area contributed by atoms with Crippen molar-refractivity contribution >= 4 is 0 Å². The van der Waals surface area contributed by atoms with Crippen molar-refractivity contribution in [1.29, 1.82) is 0 Å². The molecule has 0 aromatic heterocycles. The smallest absolute Gasteiger partial charge is 0.154 e. The van der Waals surface area contributed by atoms with Crippen LogP contribution in [0.25, 0.3) is 0 Å². The van der Waals surface area contributed by atoms with Crippen LogP contribution in [0.1, 0.15) is 121 Å². The van der Waals surface area contributed by atoms with Gasteiger partial charge in [-0.3, -0.25) is 0 Å². The van der Waals surface area contributed by atoms with Gasteiger partial charge in [0.15, 0.2) is 6.29 Å². The summed E-state index contributed by atoms with van der Waals surface area (Å²) in [6.45, 7) is 23.4. The fourth-order valence-electron chi connectivity index (χ4n) is 12.2. The van der Waals surface area contributed by atoms with Crippen molar-refractivity contribution in [2.45, 2.75) is 145 Å². The van der Waals surface area contributed by atoms with E-state index in [0.717, 1.165) is 38.5 Å². The van der Waals surface area contributed by atoms with E-state index in [-0.39, 0.29) is 45.8 Å². The number of ether oxygens (including phenoxy) is 1. The minimum atomic E-state index is -0.698. The molecular weight excluding hydrogens is 512 g/mol. The Kier molecular flexibility index (Phi) is 10.1. The van der Waals surface area contributed by atoms with Crippen LogP contribution in [-0.2, 0) is 4.74 Å². The molecule has 240 valence electrons. The summed E-state index contributed by atoms with van der Waals surface area (Å²) in [5, 5.41) is 45.8. The Morgan fingerprint density at radius 2 is 1.63 bits per heavy atom. The third-order valence-electron chi connectivity index (χ3n) is 14.2. The summed E-state index contributed by atoms with van der Waals surface area (Å²) in [6.07, 6.45) is 5.78. The normalized spacial score (nSPS) is 51.4. The predicted octanol–water partition coefficient (Wildman–Crippen LogP) is 6.90. The SMILES string of the molecule is CCCCOC(O)CCC1CC(C(C)C)C2CC3(C)CC4(C)CC(C)C(C(C)O)C(O)C4(C)C(C)C3C(O)C2C1C. The van der Waals surface area contributed by atoms with Crippen LogP contribution in [0.15, 0.2) is 0 Å². The first kappa shape index (κ1) is 33.7. The summed E-state index contributed by atoms with van der Waals surface area (Å²) in [7, 11) is 0. The molecule has 0 saturated heterocycles. The number of aliphatic hydroxyl groups is 4. The highest BCUT2D eigenvalue weighted by atomic mass is 16.6. The van der Waals surface area contributed by atoms with E-state index >= 15 is 0 Å². The molecule has 4 N–H and O–H groups in total. The quantitative estimate of drug-likeness (QED) is 0.177. The molecule has 4 fully saturated rings. The van der Waals surface area contributed by atoms with Crippen LogP contribution in [-0.4, -0.2) is 51.6 Å². The van der Waals surface area contributed by atoms with Gasteiger partial charge in [-0.2, -0.15) is 0 Å². The summed E-state index contributed by atoms with van der Waals surface area (Å²) >= 11 is 0. The van der Waals surface area contributed by atoms with Crippen LogP contribution in [0.5, 0.6) is 0 Å². The van der Waals surface area contributed by atoms with E-state index in [2.05, 4.69) is 62.3 Å². The van der Waals surface area contributed by atoms with Crippen LogP contribution in [0.2, 0.25) is 0 Å². The van der Waals surface area contributed by atoms with E-state index in [1.54, 1.807) is 0 Å². The lowest BCUT2D eigenvalue weighted by atomic mass is 9.33. The lowest BCUT2D eigenvalue weighted by Gasteiger charge is -2.72. The second-order valence-electron chi connectivity index (χ2n) is 16.9. The van der Waals surface area contributed by atoms with E-state index in [9.17, 15) is 20.4 Å². The molecule has 0 bridgehead atoms. The van der Waals surface area contributed by atoms with Gasteiger partial charge in [0.2, 0.25) is 0 Å². The number of unbranched alkanes of at least 4 members (excludes halogenated alkanes) is 1. The number of hydrogen-bond acceptors (Lipinski definition) is 5. The highest BCUT2D eigenvalue weighted by molar-refractivity contribution is 5.19. The molecule has 16 unspecified atom stereocenters. The fourth-order valence-corrected chi connectivity index (χ4v) is 12.2. The average Bonchev–Trinajstić information content (AvgIpc) is 2.85. The van der Waals surface area contributed by atoms with Gasteiger partial charge in [0.05, 0.1) is 18.3 Å². The highest BCUT2D eigenvalue weighted by Gasteiger charge is 2.70. The van der Waals surface area contributed by atoms with E-state index < -0.39 is 24.6 Å². The molecule has 41 heavy (non-hydrogen) atoms. The summed E-state index contributed by atoms with van der Waals surface area (Å²) in [6, 6.07) is 0. The summed E-state index contributed by atoms with van der Waals surface area (Å²) < 4.78 is 5.69. The van der Waals surface area contributed by atoms with Gasteiger partial charge in [-0.05, 0) is 116 Å². The van der Waals surface area contributed by atoms with Gasteiger partial charge in [0.1, 0.15) is 0 Å². The molecule has 0 radical (unpaired) electrons. The number of aliphatic hydroxyl groups excluding tert-OH is 4. The molecule has 16 atom stereocenters. The lowest BCUT2D eigenvalue weighted by Crippen LogP contribution is -2.70. The molecule has 4 rings (SSSR count). The molecule has 4 aliphatic carbocycles. The van der Waals surface area contributed by atoms with Crippen LogP contribution < -0.4 is 0 Å². The maximum Gasteiger partial charge on any atom is 0.154 e. The Morgan fingerprint density at radius 3 is 2.22 bits per heavy atom. The second-order valence-corrected chi connectivity index (χ2v) is 16.9. The molecule has 0 amide bonds. The topological polar surface area (TPSA) is 90.2 Å². The van der Waals surface area contributed by atoms with Gasteiger partial charge in [-0.25, -0.2) is 0 Å². The minimum Gasteiger partial charge on any atom is -0.393 e. The van der Waals surface area contributed by atoms with Crippen molar-refractivity contribution < 1.29 is 25.2 Å². The third kappa shape index (κ3) is 5.60. The van der Waals surface area contributed by atoms with Gasteiger partial charge in [0, 0.05) is 17.9 Å². The maximum absolute atomic E-state index is 12.5. The van der Waals surface area contributed by atoms with Gasteiger partial charge < -0.3 is 25.2 Å². The lowest BCUT2D eigenvalue weighted by molar-refractivity contribution is -0.281. The van der Waals surface area contributed by atoms with Crippen LogP contribution in [0.3, 0.4) is 0 Å². The van der Waals surface area contributed by atoms with E-state index in [0.29, 0.717) is 42.6 Å². The first-order chi connectivity index (χ1) is 19.0. The molecule has 0 spiro atoms. The zero-order chi connectivity index (χ0) is 30.7. The average molecular weight is 579 g/mol. The minimum absolute atomic E-state index is 0.0222. The molecule has 4 saturated carbocycles. The van der Waals surface area contributed by atoms with Crippen molar-refractivity contribution in [3.63, 3.8) is 0 Å². The Morgan fingerprint density at radius 1 is 0.976 bits per heavy atom. The summed E-state index contributed by atoms with van der Waals surface area (Å²) in [5.41, 5.74) is -0.388. The number of fused-ring (bicyclic) bond motifs is 3. The molecule has 0 aromatic carbocycles. The van der Waals surface area contributed by atoms with E-state index in [1.807, 2.05) is 6.92 Å². The monoisotopic (exact) mass is 578 g/mol. The number of hydrogen-bond donors (Lipinski definition) is 4. The Labute approximate surface area is 252 Å². The van der Waals surface area contributed by atoms with E-state index in [1.165, 1.54) is 6.42 Å². The largest absolute Gasteiger partial charge is 0.393 e. The van der Waals surface area contributed by atoms with Gasteiger partial charge in [-0.1, -0.05) is 68.7 Å². The molecule has 5 heteroatoms. The van der Waals surface area contributed by atoms with Crippen molar-refractivity contribution in [2.75, 3.05) is 6.61 Å². The Balaban J connectivity index is 1.64. The Bertz CT molecular complexity index is 876. The molecule has 0 aromatic rings. The molecule has 5 nitrogen and oxygen atoms in total. The fraction of sp³-hybridized carbons (Fsp3) is 1.00. The van der Waals surface area contributed by atoms with Crippen LogP contribution in [0.4, 0.5) is 0 Å². The first-order valence-corrected chi connectivity index (χ1v) is 17.4. The molecule has 4 aliphatic rings. The first-order valence-electron chi connectivity index (χ1n) is 17.4. The third-order valence-corrected chi connectivity index (χ3v) is 14.2. The zero-order valence-electron chi connectivity index (χ0n) is 28.1. The van der Waals surface area contributed by atoms with E-state index in [4.69, 9.17) is 4.74 Å². The Hall–Kier alpha value is -0.200. The van der Waals surface area contributed by atoms with Gasteiger partial charge in [0.25, 0.3) is 0 Å². The van der Waals surface area contributed by atoms with Crippen molar-refractivity contribution in [3.8, 4) is 0 Å². The van der Waals surface area contributed by atoms with Crippen LogP contribution >= 0.6 is 0 Å². The van der Waals surface area contributed by atoms with Crippen molar-refractivity contribution in [2.24, 2.45) is 75.4 Å². The summed E-state index contributed by atoms with van der Waals surface area (Å²) in [5.74, 6) is 3.10. The molecule has 0 heterocycles. The summed E-state index contributed by atoms with van der Waals surface area (Å²) in [4.78, 5) is 0. The van der Waals surface area contributed by atoms with Crippen molar-refractivity contribution in [3.05, 3.63) is 0 Å². The second kappa shape index (κ2) is 12.3. The predicted molar refractivity (Wildman–Crippen MR) is 166 cm³/mol. The van der Waals surface area contributed by atoms with Gasteiger partial charge in [-0.15, -0.1) is 0 Å². The zero-order valence-corrected chi connectivity index (χ0v) is 28.1. The number of rotatable bonds is 9. The standard InChI is InChI=1S/C36H66O5/c1-11-12-15-41-28(38)14-13-25-16-26(20(2)3)27-18-34(8)19-35(9)17-21(4)29(24(7)37)33(40)36(35,10)23(6)31(34)32(39)30(27)22(25)5/h20-33,37-40H,11-19H2,1-10H3. The molecule has 0 aliphatic heterocycles. The highest BCUT2D eigenvalue weighted by Crippen LogP contribution is 2.73. The van der Waals surface area contributed by atoms with Crippen molar-refractivity contribution in [1.82, 2.24) is 0 Å². The maximum atomic E-state index is 12.5. The van der Waals surface area contributed by atoms with Crippen LogP contribution in [0, 0.1) is 75.4 Å².